The summed E-state index contributed by atoms with van der Waals surface area (Å²) in [5, 5.41) is 21.5. The number of aliphatic hydroxyl groups is 1. The molecule has 4 N–H and O–H groups in total. The van der Waals surface area contributed by atoms with Gasteiger partial charge in [-0.2, -0.15) is 0 Å². The average Bonchev–Trinajstić information content (AvgIpc) is 2.80. The molecule has 0 saturated heterocycles. The van der Waals surface area contributed by atoms with Crippen LogP contribution in [-0.2, 0) is 11.2 Å². The summed E-state index contributed by atoms with van der Waals surface area (Å²) in [7, 11) is 0. The van der Waals surface area contributed by atoms with Crippen LogP contribution in [0.2, 0.25) is 0 Å². The van der Waals surface area contributed by atoms with E-state index >= 15 is 0 Å². The van der Waals surface area contributed by atoms with Gasteiger partial charge < -0.3 is 16.2 Å². The number of nitrogens with one attached hydrogen (secondary N) is 1. The van der Waals surface area contributed by atoms with Crippen LogP contribution < -0.4 is 11.1 Å². The van der Waals surface area contributed by atoms with Crippen molar-refractivity contribution in [1.29, 1.82) is 0 Å². The SMILES string of the molecule is Nc1nnc(CCCNC(=O)[C@H]2CCC[C@H](O)C2)s1. The van der Waals surface area contributed by atoms with Gasteiger partial charge in [-0.1, -0.05) is 17.8 Å². The zero-order valence-electron chi connectivity index (χ0n) is 10.8. The lowest BCUT2D eigenvalue weighted by Crippen LogP contribution is -2.35. The summed E-state index contributed by atoms with van der Waals surface area (Å²) >= 11 is 1.38. The Bertz CT molecular complexity index is 424. The Hall–Kier alpha value is -1.21. The Kier molecular flexibility index (Phi) is 5.09. The molecule has 1 amide bonds. The molecule has 2 rings (SSSR count). The fourth-order valence-electron chi connectivity index (χ4n) is 2.37. The zero-order chi connectivity index (χ0) is 13.7. The molecule has 1 saturated carbocycles. The number of carbonyl (C=O) groups excluding carboxylic acids is 1. The highest BCUT2D eigenvalue weighted by Crippen LogP contribution is 2.24. The molecular weight excluding hydrogens is 264 g/mol. The van der Waals surface area contributed by atoms with Crippen LogP contribution in [0.3, 0.4) is 0 Å². The third-order valence-electron chi connectivity index (χ3n) is 3.37. The molecule has 1 aliphatic carbocycles. The molecule has 0 aromatic carbocycles. The number of carbonyl (C=O) groups is 1. The summed E-state index contributed by atoms with van der Waals surface area (Å²) in [5.74, 6) is 0.0384. The first-order valence-corrected chi connectivity index (χ1v) is 7.50. The number of aliphatic hydroxyl groups excluding tert-OH is 1. The lowest BCUT2D eigenvalue weighted by atomic mass is 9.87. The zero-order valence-corrected chi connectivity index (χ0v) is 11.7. The number of rotatable bonds is 5. The Labute approximate surface area is 116 Å². The molecule has 0 bridgehead atoms. The number of nitrogen functional groups attached to an aromatic ring is 1. The second-order valence-corrected chi connectivity index (χ2v) is 6.04. The predicted octanol–water partition coefficient (Wildman–Crippen LogP) is 0.720. The van der Waals surface area contributed by atoms with Gasteiger partial charge >= 0.3 is 0 Å². The monoisotopic (exact) mass is 284 g/mol. The van der Waals surface area contributed by atoms with Crippen molar-refractivity contribution in [2.45, 2.75) is 44.6 Å². The number of nitrogens with zero attached hydrogens (tertiary/aromatic N) is 2. The van der Waals surface area contributed by atoms with Gasteiger partial charge in [-0.3, -0.25) is 4.79 Å². The third kappa shape index (κ3) is 4.43. The van der Waals surface area contributed by atoms with Crippen LogP contribution in [-0.4, -0.2) is 33.9 Å². The van der Waals surface area contributed by atoms with Gasteiger partial charge in [0.25, 0.3) is 0 Å². The van der Waals surface area contributed by atoms with Gasteiger partial charge in [-0.15, -0.1) is 10.2 Å². The van der Waals surface area contributed by atoms with Gasteiger partial charge in [0.05, 0.1) is 6.10 Å². The van der Waals surface area contributed by atoms with Gasteiger partial charge in [0, 0.05) is 18.9 Å². The second-order valence-electron chi connectivity index (χ2n) is 4.95. The number of anilines is 1. The molecule has 6 nitrogen and oxygen atoms in total. The minimum atomic E-state index is -0.311. The molecule has 106 valence electrons. The highest BCUT2D eigenvalue weighted by Gasteiger charge is 2.25. The van der Waals surface area contributed by atoms with E-state index in [0.29, 0.717) is 18.1 Å². The van der Waals surface area contributed by atoms with Crippen molar-refractivity contribution in [3.8, 4) is 0 Å². The topological polar surface area (TPSA) is 101 Å². The van der Waals surface area contributed by atoms with Crippen LogP contribution in [0.15, 0.2) is 0 Å². The van der Waals surface area contributed by atoms with Crippen molar-refractivity contribution in [1.82, 2.24) is 15.5 Å². The molecule has 1 aromatic heterocycles. The second kappa shape index (κ2) is 6.81. The molecule has 2 atom stereocenters. The van der Waals surface area contributed by atoms with Gasteiger partial charge in [0.2, 0.25) is 11.0 Å². The highest BCUT2D eigenvalue weighted by atomic mass is 32.1. The van der Waals surface area contributed by atoms with Gasteiger partial charge in [-0.25, -0.2) is 0 Å². The Morgan fingerprint density at radius 3 is 3.00 bits per heavy atom. The van der Waals surface area contributed by atoms with E-state index in [9.17, 15) is 9.90 Å². The van der Waals surface area contributed by atoms with Crippen LogP contribution >= 0.6 is 11.3 Å². The van der Waals surface area contributed by atoms with Gasteiger partial charge in [-0.05, 0) is 25.7 Å². The van der Waals surface area contributed by atoms with Crippen molar-refractivity contribution >= 4 is 22.4 Å². The predicted molar refractivity (Wildman–Crippen MR) is 73.6 cm³/mol. The number of aromatic nitrogens is 2. The van der Waals surface area contributed by atoms with Crippen molar-refractivity contribution in [3.05, 3.63) is 5.01 Å². The van der Waals surface area contributed by atoms with Crippen molar-refractivity contribution in [2.24, 2.45) is 5.92 Å². The maximum Gasteiger partial charge on any atom is 0.223 e. The van der Waals surface area contributed by atoms with Crippen LogP contribution in [0.5, 0.6) is 0 Å². The third-order valence-corrected chi connectivity index (χ3v) is 4.18. The summed E-state index contributed by atoms with van der Waals surface area (Å²) in [5.41, 5.74) is 5.49. The van der Waals surface area contributed by atoms with E-state index in [4.69, 9.17) is 5.73 Å². The Balaban J connectivity index is 1.63. The first-order valence-electron chi connectivity index (χ1n) is 6.69. The lowest BCUT2D eigenvalue weighted by Gasteiger charge is -2.24. The number of hydrogen-bond donors (Lipinski definition) is 3. The smallest absolute Gasteiger partial charge is 0.223 e. The molecular formula is C12H20N4O2S. The van der Waals surface area contributed by atoms with Crippen LogP contribution in [0, 0.1) is 5.92 Å². The Morgan fingerprint density at radius 1 is 1.47 bits per heavy atom. The first-order chi connectivity index (χ1) is 9.15. The lowest BCUT2D eigenvalue weighted by molar-refractivity contribution is -0.127. The summed E-state index contributed by atoms with van der Waals surface area (Å²) in [6.07, 6.45) is 4.53. The van der Waals surface area contributed by atoms with Crippen molar-refractivity contribution in [3.63, 3.8) is 0 Å². The fourth-order valence-corrected chi connectivity index (χ4v) is 3.02. The summed E-state index contributed by atoms with van der Waals surface area (Å²) < 4.78 is 0. The summed E-state index contributed by atoms with van der Waals surface area (Å²) in [6.45, 7) is 0.630. The van der Waals surface area contributed by atoms with E-state index < -0.39 is 0 Å². The molecule has 1 aliphatic rings. The minimum absolute atomic E-state index is 0.0269. The average molecular weight is 284 g/mol. The molecule has 1 heterocycles. The van der Waals surface area contributed by atoms with Crippen molar-refractivity contribution < 1.29 is 9.90 Å². The number of hydrogen-bond acceptors (Lipinski definition) is 6. The number of aryl methyl sites for hydroxylation is 1. The fraction of sp³-hybridized carbons (Fsp3) is 0.750. The maximum atomic E-state index is 11.9. The van der Waals surface area contributed by atoms with Gasteiger partial charge in [0.15, 0.2) is 0 Å². The normalized spacial score (nSPS) is 23.2. The largest absolute Gasteiger partial charge is 0.393 e. The van der Waals surface area contributed by atoms with Crippen molar-refractivity contribution in [2.75, 3.05) is 12.3 Å². The minimum Gasteiger partial charge on any atom is -0.393 e. The molecule has 1 fully saturated rings. The molecule has 0 radical (unpaired) electrons. The van der Waals surface area contributed by atoms with E-state index in [1.165, 1.54) is 11.3 Å². The molecule has 19 heavy (non-hydrogen) atoms. The number of nitrogens with two attached hydrogens (primary N) is 1. The number of amides is 1. The first kappa shape index (κ1) is 14.2. The van der Waals surface area contributed by atoms with E-state index in [1.807, 2.05) is 0 Å². The molecule has 1 aromatic rings. The van der Waals surface area contributed by atoms with E-state index in [0.717, 1.165) is 37.1 Å². The van der Waals surface area contributed by atoms with Crippen LogP contribution in [0.1, 0.15) is 37.1 Å². The summed E-state index contributed by atoms with van der Waals surface area (Å²) in [4.78, 5) is 11.9. The molecule has 0 aliphatic heterocycles. The van der Waals surface area contributed by atoms with E-state index in [1.54, 1.807) is 0 Å². The van der Waals surface area contributed by atoms with Gasteiger partial charge in [0.1, 0.15) is 5.01 Å². The standard InChI is InChI=1S/C12H20N4O2S/c13-12-16-15-10(19-12)5-2-6-14-11(18)8-3-1-4-9(17)7-8/h8-9,17H,1-7H2,(H2,13,16)(H,14,18)/t8-,9-/m0/s1. The summed E-state index contributed by atoms with van der Waals surface area (Å²) in [6, 6.07) is 0. The molecule has 0 unspecified atom stereocenters. The van der Waals surface area contributed by atoms with Crippen LogP contribution in [0.25, 0.3) is 0 Å². The van der Waals surface area contributed by atoms with Crippen LogP contribution in [0.4, 0.5) is 5.13 Å². The van der Waals surface area contributed by atoms with E-state index in [2.05, 4.69) is 15.5 Å². The molecule has 7 heteroatoms. The quantitative estimate of drug-likeness (QED) is 0.692. The maximum absolute atomic E-state index is 11.9. The highest BCUT2D eigenvalue weighted by molar-refractivity contribution is 7.15. The Morgan fingerprint density at radius 2 is 2.32 bits per heavy atom. The van der Waals surface area contributed by atoms with E-state index in [-0.39, 0.29) is 17.9 Å². The molecule has 0 spiro atoms.